The van der Waals surface area contributed by atoms with Crippen molar-refractivity contribution in [3.8, 4) is 0 Å². The summed E-state index contributed by atoms with van der Waals surface area (Å²) in [7, 11) is 0. The van der Waals surface area contributed by atoms with Crippen LogP contribution in [-0.4, -0.2) is 30.0 Å². The molecular weight excluding hydrogens is 426 g/mol. The van der Waals surface area contributed by atoms with E-state index in [0.29, 0.717) is 33.1 Å². The van der Waals surface area contributed by atoms with Gasteiger partial charge in [-0.15, -0.1) is 17.9 Å². The largest absolute Gasteiger partial charge is 0.323 e. The van der Waals surface area contributed by atoms with Crippen LogP contribution in [0.25, 0.3) is 21.3 Å². The molecule has 0 atom stereocenters. The molecule has 148 valence electrons. The third kappa shape index (κ3) is 3.70. The molecule has 1 N–H and O–H groups in total. The fraction of sp³-hybridized carbons (Fsp3) is 0.211. The molecule has 0 radical (unpaired) electrons. The Balaban J connectivity index is 1.59. The Bertz CT molecular complexity index is 1300. The molecule has 0 saturated heterocycles. The van der Waals surface area contributed by atoms with E-state index in [0.717, 1.165) is 27.7 Å². The summed E-state index contributed by atoms with van der Waals surface area (Å²) in [5, 5.41) is 4.02. The number of hydrogen-bond donors (Lipinski definition) is 1. The van der Waals surface area contributed by atoms with Gasteiger partial charge in [0.2, 0.25) is 5.91 Å². The Labute approximate surface area is 178 Å². The predicted octanol–water partition coefficient (Wildman–Crippen LogP) is 4.00. The molecule has 1 aromatic carbocycles. The number of carbonyl (C=O) groups excluding carboxylic acids is 1. The Morgan fingerprint density at radius 3 is 2.97 bits per heavy atom. The van der Waals surface area contributed by atoms with Gasteiger partial charge < -0.3 is 5.32 Å². The number of aryl methyl sites for hydroxylation is 2. The third-order valence-electron chi connectivity index (χ3n) is 4.46. The third-order valence-corrected chi connectivity index (χ3v) is 7.08. The number of carbonyl (C=O) groups is 1. The van der Waals surface area contributed by atoms with Crippen molar-refractivity contribution < 1.29 is 4.79 Å². The van der Waals surface area contributed by atoms with Gasteiger partial charge >= 0.3 is 0 Å². The van der Waals surface area contributed by atoms with Gasteiger partial charge in [-0.25, -0.2) is 4.98 Å². The predicted molar refractivity (Wildman–Crippen MR) is 120 cm³/mol. The summed E-state index contributed by atoms with van der Waals surface area (Å²) in [6.45, 7) is 7.99. The summed E-state index contributed by atoms with van der Waals surface area (Å²) in [5.74, 6) is -0.0830. The van der Waals surface area contributed by atoms with Gasteiger partial charge in [0.25, 0.3) is 5.56 Å². The Morgan fingerprint density at radius 2 is 2.17 bits per heavy atom. The van der Waals surface area contributed by atoms with E-state index in [1.165, 1.54) is 23.1 Å². The van der Waals surface area contributed by atoms with Crippen molar-refractivity contribution >= 4 is 67.7 Å². The van der Waals surface area contributed by atoms with Gasteiger partial charge in [0.05, 0.1) is 28.6 Å². The second-order valence-electron chi connectivity index (χ2n) is 6.34. The number of aromatic nitrogens is 4. The second kappa shape index (κ2) is 8.05. The van der Waals surface area contributed by atoms with Gasteiger partial charge in [0.15, 0.2) is 5.16 Å². The number of hydrogen-bond acceptors (Lipinski definition) is 8. The van der Waals surface area contributed by atoms with Gasteiger partial charge in [-0.05, 0) is 31.5 Å². The van der Waals surface area contributed by atoms with Gasteiger partial charge in [-0.1, -0.05) is 23.9 Å². The summed E-state index contributed by atoms with van der Waals surface area (Å²) in [6, 6.07) is 5.47. The van der Waals surface area contributed by atoms with E-state index in [2.05, 4.69) is 25.6 Å². The minimum absolute atomic E-state index is 0.0991. The number of anilines is 1. The molecule has 0 aliphatic rings. The summed E-state index contributed by atoms with van der Waals surface area (Å²) in [4.78, 5) is 31.9. The zero-order valence-corrected chi connectivity index (χ0v) is 18.2. The van der Waals surface area contributed by atoms with Crippen LogP contribution in [0.2, 0.25) is 0 Å². The minimum Gasteiger partial charge on any atom is -0.323 e. The molecular formula is C19H17N5O2S3. The molecule has 0 spiro atoms. The number of thiophene rings is 1. The average molecular weight is 444 g/mol. The van der Waals surface area contributed by atoms with Crippen molar-refractivity contribution in [2.24, 2.45) is 0 Å². The lowest BCUT2D eigenvalue weighted by Crippen LogP contribution is -2.23. The molecule has 0 unspecified atom stereocenters. The number of rotatable bonds is 6. The average Bonchev–Trinajstić information content (AvgIpc) is 3.28. The SMILES string of the molecule is C=CCn1c(SCC(=O)Nc2cccc3nsnc23)nc2sc(C)c(C)c2c1=O. The van der Waals surface area contributed by atoms with Crippen molar-refractivity contribution in [3.63, 3.8) is 0 Å². The van der Waals surface area contributed by atoms with Crippen LogP contribution >= 0.6 is 34.8 Å². The standard InChI is InChI=1S/C19H17N5O2S3/c1-4-8-24-18(26)15-10(2)11(3)28-17(15)21-19(24)27-9-14(25)20-12-6-5-7-13-16(12)23-29-22-13/h4-7H,1,8-9H2,2-3H3,(H,20,25). The zero-order valence-electron chi connectivity index (χ0n) is 15.8. The number of nitrogens with zero attached hydrogens (tertiary/aromatic N) is 4. The molecule has 3 aromatic heterocycles. The molecule has 0 saturated carbocycles. The van der Waals surface area contributed by atoms with Crippen molar-refractivity contribution in [2.75, 3.05) is 11.1 Å². The highest BCUT2D eigenvalue weighted by molar-refractivity contribution is 7.99. The molecule has 1 amide bonds. The molecule has 29 heavy (non-hydrogen) atoms. The zero-order chi connectivity index (χ0) is 20.5. The molecule has 3 heterocycles. The maximum Gasteiger partial charge on any atom is 0.263 e. The second-order valence-corrected chi connectivity index (χ2v) is 9.01. The summed E-state index contributed by atoms with van der Waals surface area (Å²) in [5.41, 5.74) is 2.90. The van der Waals surface area contributed by atoms with Crippen LogP contribution in [0.1, 0.15) is 10.4 Å². The molecule has 0 bridgehead atoms. The fourth-order valence-corrected chi connectivity index (χ4v) is 5.36. The summed E-state index contributed by atoms with van der Waals surface area (Å²) in [6.07, 6.45) is 1.66. The smallest absolute Gasteiger partial charge is 0.263 e. The van der Waals surface area contributed by atoms with Crippen LogP contribution in [0.3, 0.4) is 0 Å². The number of benzene rings is 1. The van der Waals surface area contributed by atoms with Gasteiger partial charge in [0, 0.05) is 11.4 Å². The lowest BCUT2D eigenvalue weighted by atomic mass is 10.2. The number of nitrogens with one attached hydrogen (secondary N) is 1. The van der Waals surface area contributed by atoms with Gasteiger partial charge in [-0.2, -0.15) is 8.75 Å². The van der Waals surface area contributed by atoms with E-state index in [4.69, 9.17) is 0 Å². The van der Waals surface area contributed by atoms with Crippen molar-refractivity contribution in [1.82, 2.24) is 18.3 Å². The van der Waals surface area contributed by atoms with E-state index in [-0.39, 0.29) is 17.2 Å². The van der Waals surface area contributed by atoms with Crippen molar-refractivity contribution in [1.29, 1.82) is 0 Å². The topological polar surface area (TPSA) is 89.8 Å². The highest BCUT2D eigenvalue weighted by Crippen LogP contribution is 2.28. The first-order valence-electron chi connectivity index (χ1n) is 8.75. The number of allylic oxidation sites excluding steroid dienone is 1. The van der Waals surface area contributed by atoms with E-state index in [9.17, 15) is 9.59 Å². The first kappa shape index (κ1) is 19.7. The fourth-order valence-electron chi connectivity index (χ4n) is 2.93. The first-order chi connectivity index (χ1) is 14.0. The quantitative estimate of drug-likeness (QED) is 0.275. The molecule has 7 nitrogen and oxygen atoms in total. The number of fused-ring (bicyclic) bond motifs is 2. The molecule has 10 heteroatoms. The number of thioether (sulfide) groups is 1. The first-order valence-corrected chi connectivity index (χ1v) is 11.3. The van der Waals surface area contributed by atoms with Crippen LogP contribution in [0.4, 0.5) is 5.69 Å². The Kier molecular flexibility index (Phi) is 5.48. The lowest BCUT2D eigenvalue weighted by molar-refractivity contribution is -0.113. The highest BCUT2D eigenvalue weighted by Gasteiger charge is 2.17. The van der Waals surface area contributed by atoms with E-state index < -0.39 is 0 Å². The van der Waals surface area contributed by atoms with Crippen molar-refractivity contribution in [2.45, 2.75) is 25.5 Å². The van der Waals surface area contributed by atoms with Crippen LogP contribution in [0, 0.1) is 13.8 Å². The molecule has 4 aromatic rings. The molecule has 0 fully saturated rings. The van der Waals surface area contributed by atoms with Crippen LogP contribution in [0.15, 0.2) is 40.8 Å². The van der Waals surface area contributed by atoms with Crippen molar-refractivity contribution in [3.05, 3.63) is 51.6 Å². The van der Waals surface area contributed by atoms with E-state index >= 15 is 0 Å². The van der Waals surface area contributed by atoms with Crippen LogP contribution in [0.5, 0.6) is 0 Å². The van der Waals surface area contributed by atoms with Gasteiger partial charge in [0.1, 0.15) is 15.9 Å². The van der Waals surface area contributed by atoms with Gasteiger partial charge in [-0.3, -0.25) is 14.2 Å². The number of amides is 1. The summed E-state index contributed by atoms with van der Waals surface area (Å²) < 4.78 is 9.97. The monoisotopic (exact) mass is 443 g/mol. The van der Waals surface area contributed by atoms with Crippen LogP contribution in [-0.2, 0) is 11.3 Å². The summed E-state index contributed by atoms with van der Waals surface area (Å²) >= 11 is 3.83. The van der Waals surface area contributed by atoms with E-state index in [1.807, 2.05) is 26.0 Å². The molecule has 4 rings (SSSR count). The maximum absolute atomic E-state index is 13.0. The Morgan fingerprint density at radius 1 is 1.34 bits per heavy atom. The van der Waals surface area contributed by atoms with E-state index in [1.54, 1.807) is 16.7 Å². The van der Waals surface area contributed by atoms with Crippen LogP contribution < -0.4 is 10.9 Å². The maximum atomic E-state index is 13.0. The Hall–Kier alpha value is -2.56. The molecule has 0 aliphatic heterocycles. The molecule has 0 aliphatic carbocycles. The lowest BCUT2D eigenvalue weighted by Gasteiger charge is -2.10. The highest BCUT2D eigenvalue weighted by atomic mass is 32.2. The minimum atomic E-state index is -0.200. The normalized spacial score (nSPS) is 11.2.